The number of phenolic OH excluding ortho intramolecular Hbond substituents is 2. The largest absolute Gasteiger partial charge is 0.508 e. The monoisotopic (exact) mass is 272 g/mol. The average molecular weight is 272 g/mol. The van der Waals surface area contributed by atoms with E-state index >= 15 is 0 Å². The quantitative estimate of drug-likeness (QED) is 0.745. The number of nitrogens with two attached hydrogens (primary N) is 1. The summed E-state index contributed by atoms with van der Waals surface area (Å²) in [7, 11) is 1.65. The van der Waals surface area contributed by atoms with Gasteiger partial charge in [0.15, 0.2) is 0 Å². The number of aromatic hydroxyl groups is 2. The molecule has 0 aliphatic rings. The van der Waals surface area contributed by atoms with Crippen LogP contribution in [-0.2, 0) is 6.54 Å². The number of carbonyl (C=O) groups excluding carboxylic acids is 1. The first-order valence-electron chi connectivity index (χ1n) is 6.08. The van der Waals surface area contributed by atoms with Gasteiger partial charge in [-0.25, -0.2) is 0 Å². The normalized spacial score (nSPS) is 10.2. The lowest BCUT2D eigenvalue weighted by Crippen LogP contribution is -2.26. The summed E-state index contributed by atoms with van der Waals surface area (Å²) >= 11 is 0. The van der Waals surface area contributed by atoms with Gasteiger partial charge in [-0.05, 0) is 29.8 Å². The minimum Gasteiger partial charge on any atom is -0.508 e. The van der Waals surface area contributed by atoms with Crippen LogP contribution in [0.1, 0.15) is 15.9 Å². The van der Waals surface area contributed by atoms with E-state index in [9.17, 15) is 15.0 Å². The second-order valence-corrected chi connectivity index (χ2v) is 4.64. The van der Waals surface area contributed by atoms with Crippen molar-refractivity contribution in [3.63, 3.8) is 0 Å². The molecule has 2 aromatic carbocycles. The molecule has 0 aromatic heterocycles. The fourth-order valence-electron chi connectivity index (χ4n) is 1.98. The van der Waals surface area contributed by atoms with Crippen LogP contribution in [0.25, 0.3) is 0 Å². The SMILES string of the molecule is CN(Cc1cccc(N)c1)C(=O)c1cc(O)cc(O)c1. The molecular weight excluding hydrogens is 256 g/mol. The van der Waals surface area contributed by atoms with Gasteiger partial charge >= 0.3 is 0 Å². The predicted octanol–water partition coefficient (Wildman–Crippen LogP) is 1.95. The van der Waals surface area contributed by atoms with E-state index in [2.05, 4.69) is 0 Å². The number of hydrogen-bond donors (Lipinski definition) is 3. The summed E-state index contributed by atoms with van der Waals surface area (Å²) in [6.07, 6.45) is 0. The molecule has 0 radical (unpaired) electrons. The maximum atomic E-state index is 12.2. The molecule has 2 rings (SSSR count). The number of phenols is 2. The molecule has 1 amide bonds. The van der Waals surface area contributed by atoms with E-state index < -0.39 is 0 Å². The zero-order valence-corrected chi connectivity index (χ0v) is 11.1. The van der Waals surface area contributed by atoms with Gasteiger partial charge in [-0.3, -0.25) is 4.79 Å². The van der Waals surface area contributed by atoms with Crippen molar-refractivity contribution in [1.82, 2.24) is 4.90 Å². The number of amides is 1. The van der Waals surface area contributed by atoms with Gasteiger partial charge in [-0.1, -0.05) is 12.1 Å². The summed E-state index contributed by atoms with van der Waals surface area (Å²) in [5.74, 6) is -0.588. The first kappa shape index (κ1) is 13.7. The van der Waals surface area contributed by atoms with E-state index in [-0.39, 0.29) is 23.0 Å². The highest BCUT2D eigenvalue weighted by Crippen LogP contribution is 2.21. The molecule has 0 fully saturated rings. The molecule has 0 saturated heterocycles. The van der Waals surface area contributed by atoms with Crippen LogP contribution in [0.5, 0.6) is 11.5 Å². The smallest absolute Gasteiger partial charge is 0.254 e. The Morgan fingerprint density at radius 3 is 2.40 bits per heavy atom. The molecule has 0 saturated carbocycles. The molecule has 5 heteroatoms. The Kier molecular flexibility index (Phi) is 3.79. The number of anilines is 1. The van der Waals surface area contributed by atoms with Gasteiger partial charge < -0.3 is 20.8 Å². The van der Waals surface area contributed by atoms with Crippen LogP contribution in [-0.4, -0.2) is 28.1 Å². The van der Waals surface area contributed by atoms with Crippen LogP contribution in [0.4, 0.5) is 5.69 Å². The Hall–Kier alpha value is -2.69. The lowest BCUT2D eigenvalue weighted by molar-refractivity contribution is 0.0784. The lowest BCUT2D eigenvalue weighted by atomic mass is 10.1. The second kappa shape index (κ2) is 5.52. The number of nitrogens with zero attached hydrogens (tertiary/aromatic N) is 1. The van der Waals surface area contributed by atoms with Gasteiger partial charge in [-0.2, -0.15) is 0 Å². The van der Waals surface area contributed by atoms with E-state index in [1.807, 2.05) is 12.1 Å². The standard InChI is InChI=1S/C15H16N2O3/c1-17(9-10-3-2-4-12(16)5-10)15(20)11-6-13(18)8-14(19)7-11/h2-8,18-19H,9,16H2,1H3. The van der Waals surface area contributed by atoms with Crippen LogP contribution in [0.2, 0.25) is 0 Å². The molecule has 104 valence electrons. The maximum Gasteiger partial charge on any atom is 0.254 e. The van der Waals surface area contributed by atoms with Crippen LogP contribution >= 0.6 is 0 Å². The second-order valence-electron chi connectivity index (χ2n) is 4.64. The van der Waals surface area contributed by atoms with Gasteiger partial charge in [-0.15, -0.1) is 0 Å². The highest BCUT2D eigenvalue weighted by atomic mass is 16.3. The number of nitrogen functional groups attached to an aromatic ring is 1. The molecule has 0 atom stereocenters. The fourth-order valence-corrected chi connectivity index (χ4v) is 1.98. The van der Waals surface area contributed by atoms with E-state index in [4.69, 9.17) is 5.73 Å². The molecule has 4 N–H and O–H groups in total. The molecule has 0 bridgehead atoms. The van der Waals surface area contributed by atoms with Crippen LogP contribution in [0.15, 0.2) is 42.5 Å². The fraction of sp³-hybridized carbons (Fsp3) is 0.133. The summed E-state index contributed by atoms with van der Waals surface area (Å²) in [5.41, 5.74) is 7.47. The molecule has 0 unspecified atom stereocenters. The lowest BCUT2D eigenvalue weighted by Gasteiger charge is -2.18. The third-order valence-electron chi connectivity index (χ3n) is 2.87. The van der Waals surface area contributed by atoms with Gasteiger partial charge in [0.25, 0.3) is 5.91 Å². The number of carbonyl (C=O) groups is 1. The Bertz CT molecular complexity index is 621. The number of benzene rings is 2. The molecule has 20 heavy (non-hydrogen) atoms. The topological polar surface area (TPSA) is 86.8 Å². The number of hydrogen-bond acceptors (Lipinski definition) is 4. The molecule has 0 aliphatic heterocycles. The highest BCUT2D eigenvalue weighted by Gasteiger charge is 2.14. The minimum absolute atomic E-state index is 0.147. The average Bonchev–Trinajstić information content (AvgIpc) is 2.36. The van der Waals surface area contributed by atoms with Gasteiger partial charge in [0.1, 0.15) is 11.5 Å². The zero-order chi connectivity index (χ0) is 14.7. The Morgan fingerprint density at radius 2 is 1.80 bits per heavy atom. The van der Waals surface area contributed by atoms with Crippen molar-refractivity contribution in [1.29, 1.82) is 0 Å². The first-order chi connectivity index (χ1) is 9.45. The third kappa shape index (κ3) is 3.20. The van der Waals surface area contributed by atoms with Crippen molar-refractivity contribution < 1.29 is 15.0 Å². The summed E-state index contributed by atoms with van der Waals surface area (Å²) in [5, 5.41) is 18.8. The van der Waals surface area contributed by atoms with Crippen LogP contribution in [0, 0.1) is 0 Å². The predicted molar refractivity (Wildman–Crippen MR) is 76.4 cm³/mol. The van der Waals surface area contributed by atoms with E-state index in [1.165, 1.54) is 23.1 Å². The van der Waals surface area contributed by atoms with Crippen molar-refractivity contribution in [2.24, 2.45) is 0 Å². The summed E-state index contributed by atoms with van der Waals surface area (Å²) < 4.78 is 0. The van der Waals surface area contributed by atoms with Gasteiger partial charge in [0.2, 0.25) is 0 Å². The molecular formula is C15H16N2O3. The third-order valence-corrected chi connectivity index (χ3v) is 2.87. The summed E-state index contributed by atoms with van der Waals surface area (Å²) in [4.78, 5) is 13.7. The van der Waals surface area contributed by atoms with Crippen LogP contribution in [0.3, 0.4) is 0 Å². The highest BCUT2D eigenvalue weighted by molar-refractivity contribution is 5.94. The minimum atomic E-state index is -0.293. The van der Waals surface area contributed by atoms with Gasteiger partial charge in [0.05, 0.1) is 0 Å². The summed E-state index contributed by atoms with van der Waals surface area (Å²) in [6, 6.07) is 11.1. The van der Waals surface area contributed by atoms with Crippen molar-refractivity contribution in [2.75, 3.05) is 12.8 Å². The van der Waals surface area contributed by atoms with Gasteiger partial charge in [0, 0.05) is 30.9 Å². The van der Waals surface area contributed by atoms with E-state index in [0.717, 1.165) is 5.56 Å². The number of rotatable bonds is 3. The molecule has 0 spiro atoms. The van der Waals surface area contributed by atoms with Crippen molar-refractivity contribution in [3.8, 4) is 11.5 Å². The molecule has 0 heterocycles. The van der Waals surface area contributed by atoms with Crippen molar-refractivity contribution in [3.05, 3.63) is 53.6 Å². The first-order valence-corrected chi connectivity index (χ1v) is 6.08. The van der Waals surface area contributed by atoms with Crippen molar-refractivity contribution in [2.45, 2.75) is 6.54 Å². The molecule has 2 aromatic rings. The Labute approximate surface area is 116 Å². The Balaban J connectivity index is 2.16. The summed E-state index contributed by atoms with van der Waals surface area (Å²) in [6.45, 7) is 0.389. The van der Waals surface area contributed by atoms with Crippen molar-refractivity contribution >= 4 is 11.6 Å². The van der Waals surface area contributed by atoms with E-state index in [0.29, 0.717) is 12.2 Å². The Morgan fingerprint density at radius 1 is 1.15 bits per heavy atom. The van der Waals surface area contributed by atoms with Crippen LogP contribution < -0.4 is 5.73 Å². The molecule has 0 aliphatic carbocycles. The van der Waals surface area contributed by atoms with E-state index in [1.54, 1.807) is 19.2 Å². The maximum absolute atomic E-state index is 12.2. The molecule has 5 nitrogen and oxygen atoms in total. The zero-order valence-electron chi connectivity index (χ0n) is 11.1.